The number of hydrogen-bond donors (Lipinski definition) is 1. The molecule has 0 saturated carbocycles. The van der Waals surface area contributed by atoms with Crippen LogP contribution in [-0.4, -0.2) is 23.5 Å². The highest BCUT2D eigenvalue weighted by Crippen LogP contribution is 2.28. The molecule has 0 atom stereocenters. The predicted molar refractivity (Wildman–Crippen MR) is 84.5 cm³/mol. The lowest BCUT2D eigenvalue weighted by Crippen LogP contribution is -2.11. The number of nitrogens with zero attached hydrogens (tertiary/aromatic N) is 1. The number of aromatic nitrogens is 1. The maximum Gasteiger partial charge on any atom is 0.311 e. The molecule has 21 heavy (non-hydrogen) atoms. The van der Waals surface area contributed by atoms with Gasteiger partial charge in [0.15, 0.2) is 5.13 Å². The number of carbonyl (C=O) groups excluding carboxylic acids is 2. The molecule has 1 N–H and O–H groups in total. The first-order valence-corrected chi connectivity index (χ1v) is 8.30. The van der Waals surface area contributed by atoms with Gasteiger partial charge in [-0.25, -0.2) is 4.98 Å². The first-order valence-electron chi connectivity index (χ1n) is 6.16. The summed E-state index contributed by atoms with van der Waals surface area (Å²) < 4.78 is 4.85. The Morgan fingerprint density at radius 2 is 2.14 bits per heavy atom. The van der Waals surface area contributed by atoms with E-state index >= 15 is 0 Å². The third-order valence-corrected chi connectivity index (χ3v) is 5.01. The van der Waals surface area contributed by atoms with E-state index in [9.17, 15) is 9.59 Å². The highest BCUT2D eigenvalue weighted by Gasteiger charge is 2.16. The number of thiazole rings is 1. The van der Waals surface area contributed by atoms with Gasteiger partial charge in [-0.2, -0.15) is 0 Å². The number of hydrogen-bond acceptors (Lipinski definition) is 6. The third kappa shape index (κ3) is 4.03. The van der Waals surface area contributed by atoms with Gasteiger partial charge < -0.3 is 4.74 Å². The van der Waals surface area contributed by atoms with E-state index in [4.69, 9.17) is 16.3 Å². The van der Waals surface area contributed by atoms with Crippen LogP contribution < -0.4 is 5.32 Å². The van der Waals surface area contributed by atoms with Crippen LogP contribution in [0.15, 0.2) is 10.8 Å². The quantitative estimate of drug-likeness (QED) is 0.842. The van der Waals surface area contributed by atoms with Crippen LogP contribution in [0.1, 0.15) is 27.9 Å². The number of halogens is 1. The van der Waals surface area contributed by atoms with Crippen LogP contribution in [-0.2, 0) is 16.0 Å². The van der Waals surface area contributed by atoms with E-state index in [0.29, 0.717) is 27.3 Å². The number of esters is 1. The number of thiophene rings is 1. The number of ether oxygens (including phenoxy) is 1. The molecule has 0 aliphatic carbocycles. The lowest BCUT2D eigenvalue weighted by molar-refractivity contribution is -0.142. The molecule has 1 amide bonds. The molecule has 0 aliphatic heterocycles. The summed E-state index contributed by atoms with van der Waals surface area (Å²) in [5, 5.41) is 7.11. The zero-order valence-corrected chi connectivity index (χ0v) is 13.8. The van der Waals surface area contributed by atoms with Gasteiger partial charge in [-0.05, 0) is 24.8 Å². The largest absolute Gasteiger partial charge is 0.466 e. The lowest BCUT2D eigenvalue weighted by Gasteiger charge is -2.00. The van der Waals surface area contributed by atoms with E-state index in [1.807, 2.05) is 12.3 Å². The summed E-state index contributed by atoms with van der Waals surface area (Å²) in [7, 11) is 0. The molecule has 2 aromatic heterocycles. The zero-order chi connectivity index (χ0) is 15.4. The van der Waals surface area contributed by atoms with Crippen LogP contribution in [0.4, 0.5) is 5.13 Å². The molecule has 2 rings (SSSR count). The third-order valence-electron chi connectivity index (χ3n) is 2.51. The molecule has 0 aliphatic rings. The molecule has 0 fully saturated rings. The van der Waals surface area contributed by atoms with Gasteiger partial charge in [0.2, 0.25) is 0 Å². The summed E-state index contributed by atoms with van der Waals surface area (Å²) in [6.07, 6.45) is 0.0963. The zero-order valence-electron chi connectivity index (χ0n) is 11.4. The smallest absolute Gasteiger partial charge is 0.311 e. The van der Waals surface area contributed by atoms with E-state index in [-0.39, 0.29) is 18.3 Å². The summed E-state index contributed by atoms with van der Waals surface area (Å²) in [5.74, 6) is -0.632. The van der Waals surface area contributed by atoms with Crippen molar-refractivity contribution in [1.82, 2.24) is 4.98 Å². The van der Waals surface area contributed by atoms with Gasteiger partial charge >= 0.3 is 5.97 Å². The van der Waals surface area contributed by atoms with Crippen LogP contribution in [0.2, 0.25) is 5.02 Å². The van der Waals surface area contributed by atoms with Crippen molar-refractivity contribution >= 4 is 51.3 Å². The Kier molecular flexibility index (Phi) is 5.33. The highest BCUT2D eigenvalue weighted by atomic mass is 35.5. The van der Waals surface area contributed by atoms with Crippen LogP contribution in [0.25, 0.3) is 0 Å². The highest BCUT2D eigenvalue weighted by molar-refractivity contribution is 7.14. The minimum Gasteiger partial charge on any atom is -0.466 e. The Bertz CT molecular complexity index is 666. The van der Waals surface area contributed by atoms with Gasteiger partial charge in [-0.15, -0.1) is 22.7 Å². The van der Waals surface area contributed by atoms with Crippen molar-refractivity contribution in [1.29, 1.82) is 0 Å². The monoisotopic (exact) mass is 344 g/mol. The lowest BCUT2D eigenvalue weighted by atomic mass is 10.3. The number of nitrogens with one attached hydrogen (secondary N) is 1. The Morgan fingerprint density at radius 3 is 2.76 bits per heavy atom. The van der Waals surface area contributed by atoms with E-state index in [1.165, 1.54) is 22.7 Å². The fourth-order valence-corrected chi connectivity index (χ4v) is 3.42. The number of anilines is 1. The summed E-state index contributed by atoms with van der Waals surface area (Å²) in [5.41, 5.74) is 1.44. The first-order chi connectivity index (χ1) is 10.0. The number of carbonyl (C=O) groups is 2. The van der Waals surface area contributed by atoms with Crippen LogP contribution in [0.3, 0.4) is 0 Å². The molecule has 2 aromatic rings. The molecule has 2 heterocycles. The van der Waals surface area contributed by atoms with Crippen LogP contribution >= 0.6 is 34.3 Å². The molecule has 0 spiro atoms. The fraction of sp³-hybridized carbons (Fsp3) is 0.308. The molecule has 0 aromatic carbocycles. The van der Waals surface area contributed by atoms with Gasteiger partial charge in [0.25, 0.3) is 5.91 Å². The first kappa shape index (κ1) is 15.9. The average molecular weight is 345 g/mol. The Labute approximate surface area is 134 Å². The Hall–Kier alpha value is -1.44. The van der Waals surface area contributed by atoms with Gasteiger partial charge in [0.05, 0.1) is 23.7 Å². The van der Waals surface area contributed by atoms with Gasteiger partial charge in [0.1, 0.15) is 4.88 Å². The minimum atomic E-state index is -0.336. The van der Waals surface area contributed by atoms with Crippen molar-refractivity contribution in [2.75, 3.05) is 11.9 Å². The SMILES string of the molecule is CCOC(=O)Cc1csc(NC(=O)c2scc(C)c2Cl)n1. The minimum absolute atomic E-state index is 0.0963. The normalized spacial score (nSPS) is 10.4. The summed E-state index contributed by atoms with van der Waals surface area (Å²) in [6.45, 7) is 3.93. The van der Waals surface area contributed by atoms with Gasteiger partial charge in [-0.1, -0.05) is 11.6 Å². The molecular formula is C13H13ClN2O3S2. The van der Waals surface area contributed by atoms with Crippen molar-refractivity contribution in [3.8, 4) is 0 Å². The molecule has 112 valence electrons. The second-order valence-electron chi connectivity index (χ2n) is 4.14. The van der Waals surface area contributed by atoms with Crippen molar-refractivity contribution in [2.45, 2.75) is 20.3 Å². The Morgan fingerprint density at radius 1 is 1.38 bits per heavy atom. The summed E-state index contributed by atoms with van der Waals surface area (Å²) in [4.78, 5) is 28.1. The molecule has 0 unspecified atom stereocenters. The standard InChI is InChI=1S/C13H13ClN2O3S2/c1-3-19-9(17)4-8-6-21-13(15-8)16-12(18)11-10(14)7(2)5-20-11/h5-6H,3-4H2,1-2H3,(H,15,16,18). The maximum atomic E-state index is 12.1. The summed E-state index contributed by atoms with van der Waals surface area (Å²) >= 11 is 8.59. The van der Waals surface area contributed by atoms with Crippen molar-refractivity contribution in [2.24, 2.45) is 0 Å². The van der Waals surface area contributed by atoms with E-state index in [0.717, 1.165) is 5.56 Å². The maximum absolute atomic E-state index is 12.1. The van der Waals surface area contributed by atoms with E-state index in [1.54, 1.807) is 12.3 Å². The fourth-order valence-electron chi connectivity index (χ4n) is 1.54. The summed E-state index contributed by atoms with van der Waals surface area (Å²) in [6, 6.07) is 0. The van der Waals surface area contributed by atoms with Gasteiger partial charge in [-0.3, -0.25) is 14.9 Å². The molecule has 0 bridgehead atoms. The Balaban J connectivity index is 2.01. The van der Waals surface area contributed by atoms with E-state index in [2.05, 4.69) is 10.3 Å². The molecule has 0 saturated heterocycles. The van der Waals surface area contributed by atoms with E-state index < -0.39 is 0 Å². The number of aryl methyl sites for hydroxylation is 1. The molecule has 5 nitrogen and oxygen atoms in total. The van der Waals surface area contributed by atoms with Crippen molar-refractivity contribution in [3.63, 3.8) is 0 Å². The molecule has 8 heteroatoms. The second-order valence-corrected chi connectivity index (χ2v) is 6.26. The average Bonchev–Trinajstić information content (AvgIpc) is 2.98. The number of amides is 1. The predicted octanol–water partition coefficient (Wildman–Crippen LogP) is 3.52. The van der Waals surface area contributed by atoms with Crippen molar-refractivity contribution in [3.05, 3.63) is 31.9 Å². The number of rotatable bonds is 5. The van der Waals surface area contributed by atoms with Crippen LogP contribution in [0, 0.1) is 6.92 Å². The molecule has 0 radical (unpaired) electrons. The van der Waals surface area contributed by atoms with Crippen LogP contribution in [0.5, 0.6) is 0 Å². The van der Waals surface area contributed by atoms with Gasteiger partial charge in [0, 0.05) is 5.38 Å². The topological polar surface area (TPSA) is 68.3 Å². The molecular weight excluding hydrogens is 332 g/mol. The van der Waals surface area contributed by atoms with Crippen molar-refractivity contribution < 1.29 is 14.3 Å². The second kappa shape index (κ2) is 7.02.